The van der Waals surface area contributed by atoms with E-state index in [1.54, 1.807) is 0 Å². The highest BCUT2D eigenvalue weighted by atomic mass is 14.9. The zero-order valence-corrected chi connectivity index (χ0v) is 14.4. The van der Waals surface area contributed by atoms with Gasteiger partial charge in [-0.05, 0) is 43.2 Å². The van der Waals surface area contributed by atoms with E-state index in [0.717, 1.165) is 0 Å². The fourth-order valence-corrected chi connectivity index (χ4v) is 3.93. The number of nitrogens with one attached hydrogen (secondary N) is 2. The standard InChI is InChI=1S/C23H20N2/c1-14-6-9-16(10-7-14)23-19-13-24-21-5-3-4-17(22(19)21)18-12-15(2)8-11-20(18)25-23/h3-13,23-25H,1-2H3. The van der Waals surface area contributed by atoms with Gasteiger partial charge >= 0.3 is 0 Å². The monoisotopic (exact) mass is 324 g/mol. The number of aromatic amines is 1. The van der Waals surface area contributed by atoms with Crippen molar-refractivity contribution in [3.8, 4) is 11.1 Å². The molecular weight excluding hydrogens is 304 g/mol. The molecule has 1 aliphatic heterocycles. The molecule has 25 heavy (non-hydrogen) atoms. The molecule has 0 fully saturated rings. The molecule has 1 aromatic heterocycles. The van der Waals surface area contributed by atoms with Crippen LogP contribution in [0.1, 0.15) is 28.3 Å². The highest BCUT2D eigenvalue weighted by molar-refractivity contribution is 6.02. The first kappa shape index (κ1) is 14.4. The van der Waals surface area contributed by atoms with Crippen LogP contribution in [-0.2, 0) is 0 Å². The van der Waals surface area contributed by atoms with Crippen LogP contribution in [0.15, 0.2) is 66.9 Å². The second-order valence-corrected chi connectivity index (χ2v) is 7.01. The van der Waals surface area contributed by atoms with Crippen molar-refractivity contribution < 1.29 is 0 Å². The SMILES string of the molecule is Cc1ccc(C2Nc3ccc(C)cc3-c3cccc4[nH]cc2c34)cc1. The number of aromatic nitrogens is 1. The van der Waals surface area contributed by atoms with Gasteiger partial charge in [0.1, 0.15) is 0 Å². The van der Waals surface area contributed by atoms with E-state index in [2.05, 4.69) is 91.0 Å². The topological polar surface area (TPSA) is 27.8 Å². The smallest absolute Gasteiger partial charge is 0.0788 e. The highest BCUT2D eigenvalue weighted by Gasteiger charge is 2.25. The molecular formula is C23H20N2. The van der Waals surface area contributed by atoms with Gasteiger partial charge in [0, 0.05) is 33.9 Å². The molecule has 0 saturated heterocycles. The van der Waals surface area contributed by atoms with Crippen LogP contribution in [0.2, 0.25) is 0 Å². The summed E-state index contributed by atoms with van der Waals surface area (Å²) in [7, 11) is 0. The third-order valence-corrected chi connectivity index (χ3v) is 5.22. The molecule has 2 heteroatoms. The zero-order chi connectivity index (χ0) is 17.0. The molecule has 2 N–H and O–H groups in total. The van der Waals surface area contributed by atoms with Crippen LogP contribution in [-0.4, -0.2) is 4.98 Å². The van der Waals surface area contributed by atoms with Gasteiger partial charge in [-0.1, -0.05) is 53.6 Å². The molecule has 0 amide bonds. The van der Waals surface area contributed by atoms with E-state index in [0.29, 0.717) is 0 Å². The Hall–Kier alpha value is -3.00. The molecule has 5 rings (SSSR count). The van der Waals surface area contributed by atoms with E-state index >= 15 is 0 Å². The lowest BCUT2D eigenvalue weighted by molar-refractivity contribution is 0.951. The molecule has 0 saturated carbocycles. The molecule has 2 nitrogen and oxygen atoms in total. The summed E-state index contributed by atoms with van der Waals surface area (Å²) in [6.07, 6.45) is 2.16. The Balaban J connectivity index is 1.83. The molecule has 4 aromatic rings. The Bertz CT molecular complexity index is 1090. The van der Waals surface area contributed by atoms with Gasteiger partial charge in [0.05, 0.1) is 6.04 Å². The fraction of sp³-hybridized carbons (Fsp3) is 0.130. The van der Waals surface area contributed by atoms with Crippen LogP contribution < -0.4 is 5.32 Å². The molecule has 1 unspecified atom stereocenters. The largest absolute Gasteiger partial charge is 0.374 e. The van der Waals surface area contributed by atoms with Crippen molar-refractivity contribution in [3.63, 3.8) is 0 Å². The van der Waals surface area contributed by atoms with Gasteiger partial charge in [0.2, 0.25) is 0 Å². The molecule has 1 atom stereocenters. The van der Waals surface area contributed by atoms with Gasteiger partial charge in [-0.25, -0.2) is 0 Å². The van der Waals surface area contributed by atoms with E-state index in [-0.39, 0.29) is 6.04 Å². The molecule has 1 aliphatic rings. The summed E-state index contributed by atoms with van der Waals surface area (Å²) in [4.78, 5) is 3.46. The maximum absolute atomic E-state index is 3.80. The first-order chi connectivity index (χ1) is 12.2. The molecule has 0 spiro atoms. The first-order valence-electron chi connectivity index (χ1n) is 8.75. The van der Waals surface area contributed by atoms with Crippen LogP contribution in [0.4, 0.5) is 5.69 Å². The van der Waals surface area contributed by atoms with E-state index in [1.165, 1.54) is 50.0 Å². The van der Waals surface area contributed by atoms with Crippen molar-refractivity contribution >= 4 is 16.6 Å². The third-order valence-electron chi connectivity index (χ3n) is 5.22. The van der Waals surface area contributed by atoms with Gasteiger partial charge < -0.3 is 10.3 Å². The zero-order valence-electron chi connectivity index (χ0n) is 14.4. The minimum absolute atomic E-state index is 0.138. The van der Waals surface area contributed by atoms with Crippen molar-refractivity contribution in [3.05, 3.63) is 89.1 Å². The summed E-state index contributed by atoms with van der Waals surface area (Å²) in [5.74, 6) is 0. The number of rotatable bonds is 1. The lowest BCUT2D eigenvalue weighted by Gasteiger charge is -2.20. The van der Waals surface area contributed by atoms with Crippen LogP contribution in [0, 0.1) is 13.8 Å². The molecule has 0 radical (unpaired) electrons. The van der Waals surface area contributed by atoms with Crippen molar-refractivity contribution in [2.75, 3.05) is 5.32 Å². The lowest BCUT2D eigenvalue weighted by atomic mass is 9.95. The van der Waals surface area contributed by atoms with Crippen molar-refractivity contribution in [1.29, 1.82) is 0 Å². The Morgan fingerprint density at radius 2 is 1.60 bits per heavy atom. The van der Waals surface area contributed by atoms with Crippen molar-refractivity contribution in [2.24, 2.45) is 0 Å². The van der Waals surface area contributed by atoms with Crippen LogP contribution >= 0.6 is 0 Å². The van der Waals surface area contributed by atoms with Gasteiger partial charge in [0.25, 0.3) is 0 Å². The second kappa shape index (κ2) is 5.25. The van der Waals surface area contributed by atoms with Gasteiger partial charge in [0.15, 0.2) is 0 Å². The number of fused-ring (bicyclic) bond motifs is 2. The normalized spacial score (nSPS) is 15.5. The Morgan fingerprint density at radius 1 is 0.800 bits per heavy atom. The number of H-pyrrole nitrogens is 1. The molecule has 0 aliphatic carbocycles. The minimum atomic E-state index is 0.138. The van der Waals surface area contributed by atoms with E-state index in [1.807, 2.05) is 0 Å². The Labute approximate surface area is 147 Å². The number of anilines is 1. The summed E-state index contributed by atoms with van der Waals surface area (Å²) in [5.41, 5.74) is 10.1. The molecule has 0 bridgehead atoms. The average molecular weight is 324 g/mol. The van der Waals surface area contributed by atoms with Crippen molar-refractivity contribution in [2.45, 2.75) is 19.9 Å². The van der Waals surface area contributed by atoms with Gasteiger partial charge in [-0.3, -0.25) is 0 Å². The fourth-order valence-electron chi connectivity index (χ4n) is 3.93. The maximum atomic E-state index is 3.80. The summed E-state index contributed by atoms with van der Waals surface area (Å²) >= 11 is 0. The quantitative estimate of drug-likeness (QED) is 0.444. The number of aryl methyl sites for hydroxylation is 2. The number of benzene rings is 3. The van der Waals surface area contributed by atoms with Crippen molar-refractivity contribution in [1.82, 2.24) is 4.98 Å². The summed E-state index contributed by atoms with van der Waals surface area (Å²) in [6.45, 7) is 4.28. The predicted octanol–water partition coefficient (Wildman–Crippen LogP) is 5.97. The van der Waals surface area contributed by atoms with Gasteiger partial charge in [-0.2, -0.15) is 0 Å². The number of hydrogen-bond acceptors (Lipinski definition) is 1. The second-order valence-electron chi connectivity index (χ2n) is 7.01. The van der Waals surface area contributed by atoms with Crippen LogP contribution in [0.25, 0.3) is 22.0 Å². The number of hydrogen-bond donors (Lipinski definition) is 2. The van der Waals surface area contributed by atoms with E-state index in [9.17, 15) is 0 Å². The van der Waals surface area contributed by atoms with Gasteiger partial charge in [-0.15, -0.1) is 0 Å². The van der Waals surface area contributed by atoms with Crippen LogP contribution in [0.3, 0.4) is 0 Å². The maximum Gasteiger partial charge on any atom is 0.0788 e. The summed E-state index contributed by atoms with van der Waals surface area (Å²) in [5, 5.41) is 5.12. The minimum Gasteiger partial charge on any atom is -0.374 e. The molecule has 3 aromatic carbocycles. The molecule has 2 heterocycles. The summed E-state index contributed by atoms with van der Waals surface area (Å²) in [6, 6.07) is 22.2. The molecule has 122 valence electrons. The summed E-state index contributed by atoms with van der Waals surface area (Å²) < 4.78 is 0. The average Bonchev–Trinajstić information content (AvgIpc) is 2.99. The predicted molar refractivity (Wildman–Crippen MR) is 105 cm³/mol. The Morgan fingerprint density at radius 3 is 2.44 bits per heavy atom. The van der Waals surface area contributed by atoms with Crippen LogP contribution in [0.5, 0.6) is 0 Å². The third kappa shape index (κ3) is 2.18. The first-order valence-corrected chi connectivity index (χ1v) is 8.75. The van der Waals surface area contributed by atoms with E-state index in [4.69, 9.17) is 0 Å². The lowest BCUT2D eigenvalue weighted by Crippen LogP contribution is -2.11. The van der Waals surface area contributed by atoms with E-state index < -0.39 is 0 Å². The Kier molecular flexibility index (Phi) is 3.01. The highest BCUT2D eigenvalue weighted by Crippen LogP contribution is 2.44.